The van der Waals surface area contributed by atoms with Crippen LogP contribution >= 0.6 is 0 Å². The van der Waals surface area contributed by atoms with Gasteiger partial charge in [0.2, 0.25) is 0 Å². The van der Waals surface area contributed by atoms with Crippen LogP contribution in [0.1, 0.15) is 34.6 Å². The zero-order chi connectivity index (χ0) is 13.1. The Morgan fingerprint density at radius 3 is 1.88 bits per heavy atom. The molecule has 0 aromatic heterocycles. The zero-order valence-corrected chi connectivity index (χ0v) is 11.6. The summed E-state index contributed by atoms with van der Waals surface area (Å²) < 4.78 is 28.4. The van der Waals surface area contributed by atoms with Crippen molar-refractivity contribution in [3.8, 4) is 0 Å². The standard InChI is InChI=1S/C13H24F2N2/c1-10(2)16-6-12(7-16)8-17(11(3,4)5)9-13(12,14)15/h10H,6-9H2,1-5H3. The van der Waals surface area contributed by atoms with Gasteiger partial charge in [-0.2, -0.15) is 0 Å². The summed E-state index contributed by atoms with van der Waals surface area (Å²) in [4.78, 5) is 4.07. The van der Waals surface area contributed by atoms with Crippen LogP contribution in [0.5, 0.6) is 0 Å². The molecule has 1 spiro atoms. The van der Waals surface area contributed by atoms with E-state index in [-0.39, 0.29) is 12.1 Å². The van der Waals surface area contributed by atoms with Crippen LogP contribution in [0.3, 0.4) is 0 Å². The van der Waals surface area contributed by atoms with Crippen molar-refractivity contribution in [1.29, 1.82) is 0 Å². The fourth-order valence-electron chi connectivity index (χ4n) is 2.85. The molecule has 0 atom stereocenters. The average Bonchev–Trinajstić information content (AvgIpc) is 2.32. The maximum absolute atomic E-state index is 14.2. The largest absolute Gasteiger partial charge is 0.299 e. The fourth-order valence-corrected chi connectivity index (χ4v) is 2.85. The predicted molar refractivity (Wildman–Crippen MR) is 65.4 cm³/mol. The first kappa shape index (κ1) is 13.2. The second-order valence-electron chi connectivity index (χ2n) is 7.01. The van der Waals surface area contributed by atoms with Crippen molar-refractivity contribution in [3.63, 3.8) is 0 Å². The summed E-state index contributed by atoms with van der Waals surface area (Å²) in [7, 11) is 0. The number of alkyl halides is 2. The van der Waals surface area contributed by atoms with Gasteiger partial charge in [0, 0.05) is 31.2 Å². The van der Waals surface area contributed by atoms with E-state index < -0.39 is 11.3 Å². The van der Waals surface area contributed by atoms with E-state index in [1.165, 1.54) is 0 Å². The molecule has 2 saturated heterocycles. The van der Waals surface area contributed by atoms with E-state index in [0.29, 0.717) is 25.7 Å². The monoisotopic (exact) mass is 246 g/mol. The summed E-state index contributed by atoms with van der Waals surface area (Å²) in [5.74, 6) is -2.54. The normalized spacial score (nSPS) is 28.9. The van der Waals surface area contributed by atoms with Crippen LogP contribution < -0.4 is 0 Å². The first-order valence-electron chi connectivity index (χ1n) is 6.44. The van der Waals surface area contributed by atoms with Gasteiger partial charge in [0.25, 0.3) is 5.92 Å². The average molecular weight is 246 g/mol. The molecule has 0 bridgehead atoms. The number of hydrogen-bond acceptors (Lipinski definition) is 2. The van der Waals surface area contributed by atoms with Crippen LogP contribution in [0, 0.1) is 5.41 Å². The quantitative estimate of drug-likeness (QED) is 0.701. The van der Waals surface area contributed by atoms with E-state index in [4.69, 9.17) is 0 Å². The lowest BCUT2D eigenvalue weighted by molar-refractivity contribution is -0.163. The van der Waals surface area contributed by atoms with Crippen molar-refractivity contribution in [2.75, 3.05) is 26.2 Å². The van der Waals surface area contributed by atoms with Gasteiger partial charge >= 0.3 is 0 Å². The molecule has 0 radical (unpaired) electrons. The van der Waals surface area contributed by atoms with Gasteiger partial charge in [-0.05, 0) is 34.6 Å². The molecule has 17 heavy (non-hydrogen) atoms. The summed E-state index contributed by atoms with van der Waals surface area (Å²) in [5.41, 5.74) is -0.949. The van der Waals surface area contributed by atoms with Gasteiger partial charge in [-0.25, -0.2) is 8.78 Å². The molecule has 2 heterocycles. The number of rotatable bonds is 1. The van der Waals surface area contributed by atoms with Gasteiger partial charge in [-0.1, -0.05) is 0 Å². The fraction of sp³-hybridized carbons (Fsp3) is 1.00. The molecule has 2 aliphatic heterocycles. The highest BCUT2D eigenvalue weighted by Gasteiger charge is 2.66. The predicted octanol–water partition coefficient (Wildman–Crippen LogP) is 2.45. The highest BCUT2D eigenvalue weighted by Crippen LogP contribution is 2.51. The minimum absolute atomic E-state index is 0.0809. The van der Waals surface area contributed by atoms with Crippen LogP contribution in [-0.2, 0) is 0 Å². The van der Waals surface area contributed by atoms with Gasteiger partial charge in [0.1, 0.15) is 0 Å². The smallest absolute Gasteiger partial charge is 0.269 e. The molecule has 2 fully saturated rings. The molecule has 0 aromatic carbocycles. The molecule has 2 nitrogen and oxygen atoms in total. The van der Waals surface area contributed by atoms with Crippen LogP contribution in [0.4, 0.5) is 8.78 Å². The van der Waals surface area contributed by atoms with E-state index >= 15 is 0 Å². The molecule has 100 valence electrons. The molecular weight excluding hydrogens is 222 g/mol. The van der Waals surface area contributed by atoms with E-state index in [1.807, 2.05) is 25.7 Å². The van der Waals surface area contributed by atoms with E-state index in [2.05, 4.69) is 18.7 Å². The summed E-state index contributed by atoms with van der Waals surface area (Å²) in [6.45, 7) is 11.7. The second-order valence-corrected chi connectivity index (χ2v) is 7.01. The lowest BCUT2D eigenvalue weighted by Gasteiger charge is -2.52. The van der Waals surface area contributed by atoms with Gasteiger partial charge in [0.05, 0.1) is 12.0 Å². The topological polar surface area (TPSA) is 6.48 Å². The molecule has 0 aliphatic carbocycles. The molecule has 0 unspecified atom stereocenters. The summed E-state index contributed by atoms with van der Waals surface area (Å²) in [6.07, 6.45) is 0. The molecule has 4 heteroatoms. The summed E-state index contributed by atoms with van der Waals surface area (Å²) >= 11 is 0. The highest BCUT2D eigenvalue weighted by atomic mass is 19.3. The lowest BCUT2D eigenvalue weighted by Crippen LogP contribution is -2.66. The number of hydrogen-bond donors (Lipinski definition) is 0. The van der Waals surface area contributed by atoms with Crippen LogP contribution in [0.2, 0.25) is 0 Å². The molecule has 0 saturated carbocycles. The lowest BCUT2D eigenvalue weighted by atomic mass is 9.75. The van der Waals surface area contributed by atoms with Gasteiger partial charge in [-0.15, -0.1) is 0 Å². The van der Waals surface area contributed by atoms with Gasteiger partial charge in [-0.3, -0.25) is 9.80 Å². The van der Waals surface area contributed by atoms with Crippen molar-refractivity contribution in [2.45, 2.75) is 52.1 Å². The Morgan fingerprint density at radius 1 is 1.00 bits per heavy atom. The Labute approximate surface area is 103 Å². The first-order valence-corrected chi connectivity index (χ1v) is 6.44. The first-order chi connectivity index (χ1) is 7.57. The Bertz CT molecular complexity index is 301. The Hall–Kier alpha value is -0.220. The Balaban J connectivity index is 2.11. The van der Waals surface area contributed by atoms with Crippen LogP contribution in [-0.4, -0.2) is 53.5 Å². The Kier molecular flexibility index (Phi) is 2.83. The van der Waals surface area contributed by atoms with Gasteiger partial charge < -0.3 is 0 Å². The maximum Gasteiger partial charge on any atom is 0.269 e. The number of nitrogens with zero attached hydrogens (tertiary/aromatic N) is 2. The molecule has 0 amide bonds. The second kappa shape index (κ2) is 3.64. The Morgan fingerprint density at radius 2 is 1.53 bits per heavy atom. The number of likely N-dealkylation sites (tertiary alicyclic amines) is 2. The number of halogens is 2. The third-order valence-corrected chi connectivity index (χ3v) is 4.35. The minimum Gasteiger partial charge on any atom is -0.299 e. The van der Waals surface area contributed by atoms with Crippen molar-refractivity contribution in [2.24, 2.45) is 5.41 Å². The van der Waals surface area contributed by atoms with Crippen LogP contribution in [0.25, 0.3) is 0 Å². The van der Waals surface area contributed by atoms with Crippen molar-refractivity contribution < 1.29 is 8.78 Å². The van der Waals surface area contributed by atoms with Crippen LogP contribution in [0.15, 0.2) is 0 Å². The summed E-state index contributed by atoms with van der Waals surface area (Å²) in [6, 6.07) is 0.375. The molecule has 0 N–H and O–H groups in total. The molecule has 2 aliphatic rings. The van der Waals surface area contributed by atoms with Crippen molar-refractivity contribution in [3.05, 3.63) is 0 Å². The molecule has 2 rings (SSSR count). The molecular formula is C13H24F2N2. The zero-order valence-electron chi connectivity index (χ0n) is 11.6. The minimum atomic E-state index is -2.54. The van der Waals surface area contributed by atoms with Gasteiger partial charge in [0.15, 0.2) is 0 Å². The molecule has 0 aromatic rings. The maximum atomic E-state index is 14.2. The third kappa shape index (κ3) is 1.99. The van der Waals surface area contributed by atoms with Crippen molar-refractivity contribution in [1.82, 2.24) is 9.80 Å². The summed E-state index contributed by atoms with van der Waals surface area (Å²) in [5, 5.41) is 0. The van der Waals surface area contributed by atoms with E-state index in [0.717, 1.165) is 0 Å². The van der Waals surface area contributed by atoms with E-state index in [1.54, 1.807) is 0 Å². The SMILES string of the molecule is CC(C)N1CC2(C1)CN(C(C)(C)C)CC2(F)F. The van der Waals surface area contributed by atoms with Crippen molar-refractivity contribution >= 4 is 0 Å². The highest BCUT2D eigenvalue weighted by molar-refractivity contribution is 5.13. The van der Waals surface area contributed by atoms with E-state index in [9.17, 15) is 8.78 Å². The third-order valence-electron chi connectivity index (χ3n) is 4.35.